The predicted molar refractivity (Wildman–Crippen MR) is 91.2 cm³/mol. The first-order valence-corrected chi connectivity index (χ1v) is 7.75. The van der Waals surface area contributed by atoms with Crippen molar-refractivity contribution in [1.82, 2.24) is 0 Å². The standard InChI is InChI=1S/C19H19N3O/c1-13-11-18(21-16-9-7-15(12-20)8-10-16)17-5-3-4-6-19(17)22(13)14(2)23/h3-10,13,18,21H,11H2,1-2H3. The number of benzene rings is 2. The third kappa shape index (κ3) is 2.91. The minimum atomic E-state index is 0.0711. The molecule has 3 rings (SSSR count). The van der Waals surface area contributed by atoms with Gasteiger partial charge < -0.3 is 10.2 Å². The van der Waals surface area contributed by atoms with Crippen LogP contribution in [0, 0.1) is 11.3 Å². The lowest BCUT2D eigenvalue weighted by molar-refractivity contribution is -0.117. The van der Waals surface area contributed by atoms with E-state index in [4.69, 9.17) is 5.26 Å². The Morgan fingerprint density at radius 1 is 1.22 bits per heavy atom. The Labute approximate surface area is 136 Å². The summed E-state index contributed by atoms with van der Waals surface area (Å²) in [5.41, 5.74) is 3.73. The highest BCUT2D eigenvalue weighted by atomic mass is 16.2. The van der Waals surface area contributed by atoms with Crippen LogP contribution in [0.3, 0.4) is 0 Å². The van der Waals surface area contributed by atoms with Crippen LogP contribution in [0.15, 0.2) is 48.5 Å². The smallest absolute Gasteiger partial charge is 0.224 e. The zero-order chi connectivity index (χ0) is 16.4. The van der Waals surface area contributed by atoms with E-state index in [0.717, 1.165) is 23.4 Å². The van der Waals surface area contributed by atoms with Crippen LogP contribution in [0.5, 0.6) is 0 Å². The molecule has 2 aromatic rings. The Bertz CT molecular complexity index is 761. The molecule has 4 heteroatoms. The van der Waals surface area contributed by atoms with Crippen molar-refractivity contribution in [3.8, 4) is 6.07 Å². The summed E-state index contributed by atoms with van der Waals surface area (Å²) in [7, 11) is 0. The third-order valence-corrected chi connectivity index (χ3v) is 4.28. The quantitative estimate of drug-likeness (QED) is 0.916. The highest BCUT2D eigenvalue weighted by Crippen LogP contribution is 2.38. The van der Waals surface area contributed by atoms with Crippen LogP contribution in [0.1, 0.15) is 37.4 Å². The largest absolute Gasteiger partial charge is 0.378 e. The molecule has 1 amide bonds. The van der Waals surface area contributed by atoms with Crippen LogP contribution in [0.25, 0.3) is 0 Å². The molecule has 116 valence electrons. The second-order valence-corrected chi connectivity index (χ2v) is 5.92. The molecule has 0 fully saturated rings. The molecule has 0 aliphatic carbocycles. The van der Waals surface area contributed by atoms with E-state index in [9.17, 15) is 4.79 Å². The maximum Gasteiger partial charge on any atom is 0.224 e. The minimum absolute atomic E-state index is 0.0711. The Balaban J connectivity index is 1.92. The predicted octanol–water partition coefficient (Wildman–Crippen LogP) is 3.86. The molecule has 2 atom stereocenters. The van der Waals surface area contributed by atoms with Gasteiger partial charge in [0.15, 0.2) is 0 Å². The van der Waals surface area contributed by atoms with E-state index >= 15 is 0 Å². The van der Waals surface area contributed by atoms with Gasteiger partial charge in [-0.3, -0.25) is 4.79 Å². The fourth-order valence-electron chi connectivity index (χ4n) is 3.27. The second-order valence-electron chi connectivity index (χ2n) is 5.92. The van der Waals surface area contributed by atoms with Crippen molar-refractivity contribution in [2.75, 3.05) is 10.2 Å². The first-order chi connectivity index (χ1) is 11.1. The van der Waals surface area contributed by atoms with Crippen molar-refractivity contribution in [2.24, 2.45) is 0 Å². The van der Waals surface area contributed by atoms with E-state index in [-0.39, 0.29) is 18.0 Å². The Morgan fingerprint density at radius 3 is 2.57 bits per heavy atom. The molecule has 0 radical (unpaired) electrons. The summed E-state index contributed by atoms with van der Waals surface area (Å²) in [5, 5.41) is 12.4. The van der Waals surface area contributed by atoms with E-state index in [1.165, 1.54) is 0 Å². The first kappa shape index (κ1) is 15.1. The van der Waals surface area contributed by atoms with Crippen molar-refractivity contribution >= 4 is 17.3 Å². The molecule has 1 heterocycles. The Hall–Kier alpha value is -2.80. The number of hydrogen-bond acceptors (Lipinski definition) is 3. The average Bonchev–Trinajstić information content (AvgIpc) is 2.55. The van der Waals surface area contributed by atoms with Gasteiger partial charge in [-0.2, -0.15) is 5.26 Å². The molecule has 0 spiro atoms. The highest BCUT2D eigenvalue weighted by Gasteiger charge is 2.31. The summed E-state index contributed by atoms with van der Waals surface area (Å²) in [5.74, 6) is 0.0711. The van der Waals surface area contributed by atoms with Crippen LogP contribution in [0.4, 0.5) is 11.4 Å². The van der Waals surface area contributed by atoms with E-state index in [0.29, 0.717) is 5.56 Å². The maximum absolute atomic E-state index is 12.0. The number of rotatable bonds is 2. The van der Waals surface area contributed by atoms with E-state index in [2.05, 4.69) is 24.4 Å². The number of nitrogens with zero attached hydrogens (tertiary/aromatic N) is 2. The zero-order valence-electron chi connectivity index (χ0n) is 13.3. The molecule has 0 bridgehead atoms. The number of anilines is 2. The van der Waals surface area contributed by atoms with Gasteiger partial charge >= 0.3 is 0 Å². The molecule has 2 unspecified atom stereocenters. The SMILES string of the molecule is CC(=O)N1c2ccccc2C(Nc2ccc(C#N)cc2)CC1C. The number of nitriles is 1. The van der Waals surface area contributed by atoms with Gasteiger partial charge in [0.05, 0.1) is 17.7 Å². The monoisotopic (exact) mass is 305 g/mol. The molecule has 2 aromatic carbocycles. The number of carbonyl (C=O) groups excluding carboxylic acids is 1. The normalized spacial score (nSPS) is 19.6. The second kappa shape index (κ2) is 6.13. The van der Waals surface area contributed by atoms with E-state index in [1.807, 2.05) is 47.4 Å². The number of carbonyl (C=O) groups is 1. The van der Waals surface area contributed by atoms with E-state index in [1.54, 1.807) is 6.92 Å². The van der Waals surface area contributed by atoms with Crippen molar-refractivity contribution in [3.05, 3.63) is 59.7 Å². The fraction of sp³-hybridized carbons (Fsp3) is 0.263. The van der Waals surface area contributed by atoms with E-state index < -0.39 is 0 Å². The first-order valence-electron chi connectivity index (χ1n) is 7.75. The summed E-state index contributed by atoms with van der Waals surface area (Å²) in [6.45, 7) is 3.69. The van der Waals surface area contributed by atoms with Gasteiger partial charge in [-0.15, -0.1) is 0 Å². The van der Waals surface area contributed by atoms with Crippen LogP contribution in [-0.2, 0) is 4.79 Å². The van der Waals surface area contributed by atoms with Gasteiger partial charge in [0, 0.05) is 24.3 Å². The topological polar surface area (TPSA) is 56.1 Å². The van der Waals surface area contributed by atoms with Crippen molar-refractivity contribution in [1.29, 1.82) is 5.26 Å². The van der Waals surface area contributed by atoms with Gasteiger partial charge in [0.25, 0.3) is 0 Å². The Morgan fingerprint density at radius 2 is 1.91 bits per heavy atom. The fourth-order valence-corrected chi connectivity index (χ4v) is 3.27. The number of hydrogen-bond donors (Lipinski definition) is 1. The molecule has 1 aliphatic rings. The number of amides is 1. The lowest BCUT2D eigenvalue weighted by atomic mass is 9.91. The third-order valence-electron chi connectivity index (χ3n) is 4.28. The van der Waals surface area contributed by atoms with Crippen LogP contribution >= 0.6 is 0 Å². The molecule has 1 aliphatic heterocycles. The summed E-state index contributed by atoms with van der Waals surface area (Å²) in [6.07, 6.45) is 0.844. The summed E-state index contributed by atoms with van der Waals surface area (Å²) in [4.78, 5) is 13.8. The van der Waals surface area contributed by atoms with Crippen molar-refractivity contribution in [3.63, 3.8) is 0 Å². The summed E-state index contributed by atoms with van der Waals surface area (Å²) >= 11 is 0. The maximum atomic E-state index is 12.0. The van der Waals surface area contributed by atoms with Crippen molar-refractivity contribution in [2.45, 2.75) is 32.4 Å². The molecule has 0 saturated carbocycles. The van der Waals surface area contributed by atoms with Crippen molar-refractivity contribution < 1.29 is 4.79 Å². The molecule has 1 N–H and O–H groups in total. The summed E-state index contributed by atoms with van der Waals surface area (Å²) < 4.78 is 0. The van der Waals surface area contributed by atoms with Gasteiger partial charge in [0.1, 0.15) is 0 Å². The van der Waals surface area contributed by atoms with Crippen LogP contribution in [0.2, 0.25) is 0 Å². The number of nitrogens with one attached hydrogen (secondary N) is 1. The average molecular weight is 305 g/mol. The van der Waals surface area contributed by atoms with Crippen LogP contribution in [-0.4, -0.2) is 11.9 Å². The lowest BCUT2D eigenvalue weighted by Crippen LogP contribution is -2.43. The molecule has 0 saturated heterocycles. The minimum Gasteiger partial charge on any atom is -0.378 e. The zero-order valence-corrected chi connectivity index (χ0v) is 13.3. The van der Waals surface area contributed by atoms with Gasteiger partial charge in [-0.1, -0.05) is 18.2 Å². The molecule has 23 heavy (non-hydrogen) atoms. The molecule has 4 nitrogen and oxygen atoms in total. The van der Waals surface area contributed by atoms with Gasteiger partial charge in [-0.25, -0.2) is 0 Å². The molecular formula is C19H19N3O. The van der Waals surface area contributed by atoms with Gasteiger partial charge in [0.2, 0.25) is 5.91 Å². The number of fused-ring (bicyclic) bond motifs is 1. The van der Waals surface area contributed by atoms with Crippen LogP contribution < -0.4 is 10.2 Å². The molecular weight excluding hydrogens is 286 g/mol. The lowest BCUT2D eigenvalue weighted by Gasteiger charge is -2.39. The van der Waals surface area contributed by atoms with Gasteiger partial charge in [-0.05, 0) is 49.2 Å². The highest BCUT2D eigenvalue weighted by molar-refractivity contribution is 5.93. The molecule has 0 aromatic heterocycles. The number of para-hydroxylation sites is 1. The Kier molecular flexibility index (Phi) is 4.03. The summed E-state index contributed by atoms with van der Waals surface area (Å²) in [6, 6.07) is 17.9.